The van der Waals surface area contributed by atoms with Gasteiger partial charge < -0.3 is 4.55 Å². The van der Waals surface area contributed by atoms with Gasteiger partial charge in [-0.2, -0.15) is 0 Å². The lowest BCUT2D eigenvalue weighted by Gasteiger charge is -2.05. The highest BCUT2D eigenvalue weighted by Crippen LogP contribution is 2.08. The molecule has 0 saturated heterocycles. The van der Waals surface area contributed by atoms with E-state index in [1.165, 1.54) is 6.07 Å². The van der Waals surface area contributed by atoms with E-state index in [0.29, 0.717) is 6.07 Å². The van der Waals surface area contributed by atoms with Gasteiger partial charge in [0.15, 0.2) is 0 Å². The molecule has 11 heavy (non-hydrogen) atoms. The van der Waals surface area contributed by atoms with Crippen molar-refractivity contribution in [2.75, 3.05) is 0 Å². The van der Waals surface area contributed by atoms with E-state index < -0.39 is 20.8 Å². The van der Waals surface area contributed by atoms with Crippen LogP contribution in [0.3, 0.4) is 0 Å². The second-order valence-electron chi connectivity index (χ2n) is 1.91. The highest BCUT2D eigenvalue weighted by Gasteiger charge is 2.00. The third-order valence-electron chi connectivity index (χ3n) is 1.08. The molecule has 0 heterocycles. The quantitative estimate of drug-likeness (QED) is 0.591. The zero-order chi connectivity index (χ0) is 8.48. The van der Waals surface area contributed by atoms with Crippen LogP contribution in [0, 0.1) is 5.82 Å². The van der Waals surface area contributed by atoms with E-state index in [0.717, 1.165) is 12.1 Å². The van der Waals surface area contributed by atoms with E-state index in [-0.39, 0.29) is 0 Å². The van der Waals surface area contributed by atoms with Crippen LogP contribution in [0.4, 0.5) is 4.39 Å². The van der Waals surface area contributed by atoms with Gasteiger partial charge in [-0.25, -0.2) is 12.8 Å². The number of benzene rings is 1. The summed E-state index contributed by atoms with van der Waals surface area (Å²) in [6.07, 6.45) is 0. The molecule has 0 saturated carbocycles. The Bertz CT molecular complexity index is 358. The van der Waals surface area contributed by atoms with Gasteiger partial charge in [0.25, 0.3) is 0 Å². The number of halogens is 1. The van der Waals surface area contributed by atoms with Gasteiger partial charge in [-0.3, -0.25) is 0 Å². The highest BCUT2D eigenvalue weighted by atomic mass is 32.2. The molecule has 0 N–H and O–H groups in total. The van der Waals surface area contributed by atoms with E-state index >= 15 is 0 Å². The average Bonchev–Trinajstić information content (AvgIpc) is 1.86. The van der Waals surface area contributed by atoms with Crippen LogP contribution in [-0.2, 0) is 10.1 Å². The van der Waals surface area contributed by atoms with E-state index in [1.807, 2.05) is 0 Å². The third-order valence-corrected chi connectivity index (χ3v) is 1.92. The maximum Gasteiger partial charge on any atom is 0.124 e. The van der Waals surface area contributed by atoms with Crippen molar-refractivity contribution in [1.82, 2.24) is 0 Å². The minimum absolute atomic E-state index is 0.544. The van der Waals surface area contributed by atoms with Gasteiger partial charge in [0.05, 0.1) is 4.90 Å². The lowest BCUT2D eigenvalue weighted by molar-refractivity contribution is 0.462. The summed E-state index contributed by atoms with van der Waals surface area (Å²) < 4.78 is 43.1. The van der Waals surface area contributed by atoms with Crippen LogP contribution in [0.15, 0.2) is 29.2 Å². The summed E-state index contributed by atoms with van der Waals surface area (Å²) in [4.78, 5) is -0.544. The first-order chi connectivity index (χ1) is 5.00. The summed E-state index contributed by atoms with van der Waals surface area (Å²) in [7, 11) is -4.52. The summed E-state index contributed by atoms with van der Waals surface area (Å²) in [5.41, 5.74) is 0. The summed E-state index contributed by atoms with van der Waals surface area (Å²) in [5, 5.41) is 0. The molecule has 0 fully saturated rings. The van der Waals surface area contributed by atoms with Gasteiger partial charge in [0, 0.05) is 0 Å². The van der Waals surface area contributed by atoms with Crippen LogP contribution < -0.4 is 0 Å². The van der Waals surface area contributed by atoms with Gasteiger partial charge in [0.2, 0.25) is 0 Å². The number of hydrogen-bond donors (Lipinski definition) is 0. The highest BCUT2D eigenvalue weighted by molar-refractivity contribution is 7.85. The van der Waals surface area contributed by atoms with Crippen molar-refractivity contribution in [2.24, 2.45) is 0 Å². The second kappa shape index (κ2) is 2.60. The first-order valence-corrected chi connectivity index (χ1v) is 4.12. The van der Waals surface area contributed by atoms with Crippen LogP contribution >= 0.6 is 0 Å². The summed E-state index contributed by atoms with van der Waals surface area (Å²) >= 11 is 0. The van der Waals surface area contributed by atoms with E-state index in [1.54, 1.807) is 0 Å². The van der Waals surface area contributed by atoms with Crippen molar-refractivity contribution in [3.63, 3.8) is 0 Å². The topological polar surface area (TPSA) is 57.2 Å². The molecule has 3 nitrogen and oxygen atoms in total. The SMILES string of the molecule is O=S(=O)([O-])c1cccc(F)c1. The molecule has 0 radical (unpaired) electrons. The minimum Gasteiger partial charge on any atom is -0.744 e. The molecule has 0 aliphatic carbocycles. The molecule has 0 unspecified atom stereocenters. The Labute approximate surface area is 63.2 Å². The normalized spacial score (nSPS) is 11.5. The minimum atomic E-state index is -4.52. The lowest BCUT2D eigenvalue weighted by atomic mass is 10.4. The molecule has 0 aliphatic heterocycles. The van der Waals surface area contributed by atoms with Crippen molar-refractivity contribution in [3.8, 4) is 0 Å². The molecular weight excluding hydrogens is 171 g/mol. The molecule has 0 spiro atoms. The van der Waals surface area contributed by atoms with E-state index in [9.17, 15) is 17.4 Å². The molecule has 0 atom stereocenters. The third kappa shape index (κ3) is 1.99. The Kier molecular flexibility index (Phi) is 1.92. The van der Waals surface area contributed by atoms with Crippen LogP contribution in [0.5, 0.6) is 0 Å². The van der Waals surface area contributed by atoms with Crippen molar-refractivity contribution < 1.29 is 17.4 Å². The molecule has 60 valence electrons. The van der Waals surface area contributed by atoms with Gasteiger partial charge in [-0.15, -0.1) is 0 Å². The van der Waals surface area contributed by atoms with Crippen LogP contribution in [0.25, 0.3) is 0 Å². The zero-order valence-corrected chi connectivity index (χ0v) is 6.14. The van der Waals surface area contributed by atoms with Crippen LogP contribution in [-0.4, -0.2) is 13.0 Å². The number of hydrogen-bond acceptors (Lipinski definition) is 3. The lowest BCUT2D eigenvalue weighted by Crippen LogP contribution is -1.98. The first kappa shape index (κ1) is 8.16. The first-order valence-electron chi connectivity index (χ1n) is 2.71. The molecule has 0 aromatic heterocycles. The number of rotatable bonds is 1. The van der Waals surface area contributed by atoms with Crippen LogP contribution in [0.1, 0.15) is 0 Å². The summed E-state index contributed by atoms with van der Waals surface area (Å²) in [6.45, 7) is 0. The zero-order valence-electron chi connectivity index (χ0n) is 5.32. The predicted molar refractivity (Wildman–Crippen MR) is 34.4 cm³/mol. The van der Waals surface area contributed by atoms with Crippen LogP contribution in [0.2, 0.25) is 0 Å². The fraction of sp³-hybridized carbons (Fsp3) is 0. The Balaban J connectivity index is 3.28. The summed E-state index contributed by atoms with van der Waals surface area (Å²) in [5.74, 6) is -0.734. The van der Waals surface area contributed by atoms with Crippen molar-refractivity contribution in [3.05, 3.63) is 30.1 Å². The predicted octanol–water partition coefficient (Wildman–Crippen LogP) is 0.730. The molecule has 1 rings (SSSR count). The molecule has 5 heteroatoms. The monoisotopic (exact) mass is 175 g/mol. The van der Waals surface area contributed by atoms with Gasteiger partial charge in [-0.05, 0) is 18.2 Å². The molecule has 1 aromatic carbocycles. The van der Waals surface area contributed by atoms with Crippen molar-refractivity contribution >= 4 is 10.1 Å². The molecule has 1 aromatic rings. The maximum absolute atomic E-state index is 12.3. The Hall–Kier alpha value is -0.940. The largest absolute Gasteiger partial charge is 0.744 e. The molecule has 0 bridgehead atoms. The fourth-order valence-electron chi connectivity index (χ4n) is 0.623. The Morgan fingerprint density at radius 1 is 1.36 bits per heavy atom. The standard InChI is InChI=1S/C6H5FO3S/c7-5-2-1-3-6(4-5)11(8,9)10/h1-4H,(H,8,9,10)/p-1. The van der Waals surface area contributed by atoms with Gasteiger partial charge >= 0.3 is 0 Å². The molecule has 0 amide bonds. The second-order valence-corrected chi connectivity index (χ2v) is 3.29. The fourth-order valence-corrected chi connectivity index (χ4v) is 1.12. The summed E-state index contributed by atoms with van der Waals surface area (Å²) in [6, 6.07) is 3.96. The van der Waals surface area contributed by atoms with E-state index in [2.05, 4.69) is 0 Å². The van der Waals surface area contributed by atoms with Crippen molar-refractivity contribution in [1.29, 1.82) is 0 Å². The van der Waals surface area contributed by atoms with Gasteiger partial charge in [0.1, 0.15) is 15.9 Å². The Morgan fingerprint density at radius 2 is 2.00 bits per heavy atom. The van der Waals surface area contributed by atoms with Crippen molar-refractivity contribution in [2.45, 2.75) is 4.90 Å². The van der Waals surface area contributed by atoms with Gasteiger partial charge in [-0.1, -0.05) is 6.07 Å². The van der Waals surface area contributed by atoms with E-state index in [4.69, 9.17) is 0 Å². The maximum atomic E-state index is 12.3. The average molecular weight is 175 g/mol. The molecular formula is C6H4FO3S-. The smallest absolute Gasteiger partial charge is 0.124 e. The molecule has 0 aliphatic rings. The Morgan fingerprint density at radius 3 is 2.36 bits per heavy atom.